The zero-order valence-electron chi connectivity index (χ0n) is 19.8. The molecule has 5 nitrogen and oxygen atoms in total. The monoisotopic (exact) mass is 517 g/mol. The number of amides is 1. The van der Waals surface area contributed by atoms with Gasteiger partial charge in [-0.3, -0.25) is 9.59 Å². The van der Waals surface area contributed by atoms with E-state index in [2.05, 4.69) is 19.2 Å². The number of ether oxygens (including phenoxy) is 1. The summed E-state index contributed by atoms with van der Waals surface area (Å²) in [4.78, 5) is 25.2. The molecule has 3 aromatic carbocycles. The molecule has 1 unspecified atom stereocenters. The number of nitrogens with one attached hydrogen (secondary N) is 1. The molecule has 0 aliphatic heterocycles. The van der Waals surface area contributed by atoms with Gasteiger partial charge in [0.1, 0.15) is 11.3 Å². The highest BCUT2D eigenvalue weighted by Crippen LogP contribution is 2.30. The van der Waals surface area contributed by atoms with Crippen molar-refractivity contribution in [2.24, 2.45) is 0 Å². The minimum atomic E-state index is -2.34. The molecule has 192 valence electrons. The van der Waals surface area contributed by atoms with Crippen LogP contribution in [0.5, 0.6) is 5.75 Å². The first-order chi connectivity index (χ1) is 17.5. The van der Waals surface area contributed by atoms with Crippen LogP contribution in [0.1, 0.15) is 32.3 Å². The summed E-state index contributed by atoms with van der Waals surface area (Å²) < 4.78 is 78.3. The average molecular weight is 517 g/mol. The van der Waals surface area contributed by atoms with Crippen LogP contribution in [0.4, 0.5) is 27.6 Å². The number of hydrogen-bond acceptors (Lipinski definition) is 4. The fourth-order valence-corrected chi connectivity index (χ4v) is 3.57. The number of halogens is 5. The molecule has 0 saturated heterocycles. The molecule has 0 aliphatic rings. The van der Waals surface area contributed by atoms with Crippen molar-refractivity contribution in [3.63, 3.8) is 0 Å². The molecule has 4 aromatic rings. The molecular weight excluding hydrogens is 497 g/mol. The lowest BCUT2D eigenvalue weighted by atomic mass is 10.0. The predicted octanol–water partition coefficient (Wildman–Crippen LogP) is 6.68. The van der Waals surface area contributed by atoms with Gasteiger partial charge in [0.25, 0.3) is 5.91 Å². The summed E-state index contributed by atoms with van der Waals surface area (Å²) in [6.07, 6.45) is -1.66. The predicted molar refractivity (Wildman–Crippen MR) is 127 cm³/mol. The van der Waals surface area contributed by atoms with E-state index >= 15 is 0 Å². The van der Waals surface area contributed by atoms with Gasteiger partial charge in [-0.15, -0.1) is 0 Å². The summed E-state index contributed by atoms with van der Waals surface area (Å²) >= 11 is 0. The Bertz CT molecular complexity index is 1540. The molecule has 10 heteroatoms. The van der Waals surface area contributed by atoms with E-state index in [4.69, 9.17) is 9.15 Å². The van der Waals surface area contributed by atoms with E-state index in [1.54, 1.807) is 0 Å². The first kappa shape index (κ1) is 25.9. The van der Waals surface area contributed by atoms with Gasteiger partial charge in [0.15, 0.2) is 17.3 Å². The van der Waals surface area contributed by atoms with Crippen molar-refractivity contribution in [2.75, 3.05) is 5.32 Å². The molecule has 0 bridgehead atoms. The Morgan fingerprint density at radius 1 is 0.838 bits per heavy atom. The largest absolute Gasteiger partial charge is 0.474 e. The Balaban J connectivity index is 1.55. The summed E-state index contributed by atoms with van der Waals surface area (Å²) in [5.41, 5.74) is 1.82. The van der Waals surface area contributed by atoms with Gasteiger partial charge in [-0.05, 0) is 36.6 Å². The van der Waals surface area contributed by atoms with Crippen LogP contribution in [-0.4, -0.2) is 12.0 Å². The van der Waals surface area contributed by atoms with E-state index in [-0.39, 0.29) is 22.1 Å². The molecule has 0 fully saturated rings. The fraction of sp³-hybridized carbons (Fsp3) is 0.185. The lowest BCUT2D eigenvalue weighted by Crippen LogP contribution is -2.31. The van der Waals surface area contributed by atoms with Gasteiger partial charge >= 0.3 is 0 Å². The highest BCUT2D eigenvalue weighted by molar-refractivity contribution is 5.96. The first-order valence-electron chi connectivity index (χ1n) is 11.1. The van der Waals surface area contributed by atoms with Crippen LogP contribution in [0.25, 0.3) is 22.3 Å². The molecule has 4 rings (SSSR count). The first-order valence-corrected chi connectivity index (χ1v) is 11.1. The standard InChI is InChI=1S/C27H20F5NO4/c1-12(2)14-4-6-15(7-5-14)20-11-18(34)17-10-16(8-9-19(17)37-20)33-27(35)13(3)36-26-24(31)22(29)21(28)23(30)25(26)32/h4-13H,1-3H3,(H,33,35). The van der Waals surface area contributed by atoms with Gasteiger partial charge in [0.05, 0.1) is 5.39 Å². The normalized spacial score (nSPS) is 12.1. The van der Waals surface area contributed by atoms with E-state index in [0.717, 1.165) is 12.5 Å². The molecule has 37 heavy (non-hydrogen) atoms. The number of rotatable bonds is 6. The Kier molecular flexibility index (Phi) is 7.02. The Hall–Kier alpha value is -4.21. The van der Waals surface area contributed by atoms with Crippen LogP contribution in [0.2, 0.25) is 0 Å². The second-order valence-electron chi connectivity index (χ2n) is 8.61. The zero-order valence-corrected chi connectivity index (χ0v) is 19.8. The number of anilines is 1. The van der Waals surface area contributed by atoms with Crippen LogP contribution in [-0.2, 0) is 4.79 Å². The van der Waals surface area contributed by atoms with E-state index in [1.807, 2.05) is 24.3 Å². The van der Waals surface area contributed by atoms with E-state index in [9.17, 15) is 31.5 Å². The van der Waals surface area contributed by atoms with Gasteiger partial charge in [-0.25, -0.2) is 13.2 Å². The highest BCUT2D eigenvalue weighted by atomic mass is 19.2. The maximum absolute atomic E-state index is 13.9. The van der Waals surface area contributed by atoms with Crippen molar-refractivity contribution in [2.45, 2.75) is 32.8 Å². The highest BCUT2D eigenvalue weighted by Gasteiger charge is 2.29. The van der Waals surface area contributed by atoms with E-state index < -0.39 is 46.8 Å². The van der Waals surface area contributed by atoms with Crippen molar-refractivity contribution < 1.29 is 35.9 Å². The van der Waals surface area contributed by atoms with Crippen LogP contribution >= 0.6 is 0 Å². The van der Waals surface area contributed by atoms with Crippen molar-refractivity contribution in [1.82, 2.24) is 0 Å². The minimum Gasteiger partial charge on any atom is -0.474 e. The SMILES string of the molecule is CC(Oc1c(F)c(F)c(F)c(F)c1F)C(=O)Nc1ccc2oc(-c3ccc(C(C)C)cc3)cc(=O)c2c1. The van der Waals surface area contributed by atoms with Crippen LogP contribution in [0.15, 0.2) is 57.7 Å². The summed E-state index contributed by atoms with van der Waals surface area (Å²) in [6, 6.07) is 13.1. The molecule has 1 aromatic heterocycles. The molecule has 1 N–H and O–H groups in total. The third kappa shape index (κ3) is 5.04. The van der Waals surface area contributed by atoms with Crippen molar-refractivity contribution in [3.05, 3.63) is 93.4 Å². The molecule has 0 spiro atoms. The third-order valence-corrected chi connectivity index (χ3v) is 5.69. The second kappa shape index (κ2) is 10.0. The lowest BCUT2D eigenvalue weighted by molar-refractivity contribution is -0.122. The third-order valence-electron chi connectivity index (χ3n) is 5.69. The number of carbonyl (C=O) groups is 1. The fourth-order valence-electron chi connectivity index (χ4n) is 3.57. The Labute approximate surface area is 207 Å². The van der Waals surface area contributed by atoms with Crippen LogP contribution < -0.4 is 15.5 Å². The summed E-state index contributed by atoms with van der Waals surface area (Å²) in [5.74, 6) is -13.0. The molecule has 1 heterocycles. The minimum absolute atomic E-state index is 0.117. The quantitative estimate of drug-likeness (QED) is 0.176. The number of hydrogen-bond donors (Lipinski definition) is 1. The average Bonchev–Trinajstić information content (AvgIpc) is 2.89. The number of carbonyl (C=O) groups excluding carboxylic acids is 1. The summed E-state index contributed by atoms with van der Waals surface area (Å²) in [6.45, 7) is 5.18. The van der Waals surface area contributed by atoms with Gasteiger partial charge in [0.2, 0.25) is 29.1 Å². The lowest BCUT2D eigenvalue weighted by Gasteiger charge is -2.16. The van der Waals surface area contributed by atoms with Gasteiger partial charge in [0, 0.05) is 17.3 Å². The summed E-state index contributed by atoms with van der Waals surface area (Å²) in [5, 5.41) is 2.52. The Morgan fingerprint density at radius 2 is 1.43 bits per heavy atom. The van der Waals surface area contributed by atoms with Crippen LogP contribution in [0.3, 0.4) is 0 Å². The Morgan fingerprint density at radius 3 is 2.03 bits per heavy atom. The molecule has 1 atom stereocenters. The zero-order chi connectivity index (χ0) is 27.0. The molecular formula is C27H20F5NO4. The number of benzene rings is 3. The molecule has 0 saturated carbocycles. The molecule has 1 amide bonds. The van der Waals surface area contributed by atoms with Gasteiger partial charge < -0.3 is 14.5 Å². The summed E-state index contributed by atoms with van der Waals surface area (Å²) in [7, 11) is 0. The van der Waals surface area contributed by atoms with Gasteiger partial charge in [-0.2, -0.15) is 8.78 Å². The van der Waals surface area contributed by atoms with Gasteiger partial charge in [-0.1, -0.05) is 38.1 Å². The van der Waals surface area contributed by atoms with Crippen molar-refractivity contribution in [1.29, 1.82) is 0 Å². The maximum Gasteiger partial charge on any atom is 0.265 e. The smallest absolute Gasteiger partial charge is 0.265 e. The number of fused-ring (bicyclic) bond motifs is 1. The van der Waals surface area contributed by atoms with E-state index in [0.29, 0.717) is 17.2 Å². The second-order valence-corrected chi connectivity index (χ2v) is 8.61. The van der Waals surface area contributed by atoms with Crippen molar-refractivity contribution in [3.8, 4) is 17.1 Å². The molecule has 0 radical (unpaired) electrons. The topological polar surface area (TPSA) is 68.5 Å². The maximum atomic E-state index is 13.9. The van der Waals surface area contributed by atoms with E-state index in [1.165, 1.54) is 24.3 Å². The van der Waals surface area contributed by atoms with Crippen LogP contribution in [0, 0.1) is 29.1 Å². The molecule has 0 aliphatic carbocycles. The van der Waals surface area contributed by atoms with Crippen molar-refractivity contribution >= 4 is 22.6 Å².